The lowest BCUT2D eigenvalue weighted by atomic mass is 10.2. The summed E-state index contributed by atoms with van der Waals surface area (Å²) in [6.07, 6.45) is 5.54. The lowest BCUT2D eigenvalue weighted by Crippen LogP contribution is -2.44. The van der Waals surface area contributed by atoms with Crippen LogP contribution in [0.4, 0.5) is 28.8 Å². The monoisotopic (exact) mass is 642 g/mol. The third-order valence-electron chi connectivity index (χ3n) is 7.53. The van der Waals surface area contributed by atoms with Gasteiger partial charge >= 0.3 is 0 Å². The summed E-state index contributed by atoms with van der Waals surface area (Å²) < 4.78 is 0. The van der Waals surface area contributed by atoms with Gasteiger partial charge < -0.3 is 37.2 Å². The van der Waals surface area contributed by atoms with Crippen LogP contribution in [0.15, 0.2) is 66.9 Å². The lowest BCUT2D eigenvalue weighted by molar-refractivity contribution is -0.132. The molecule has 1 atom stereocenters. The van der Waals surface area contributed by atoms with Gasteiger partial charge in [-0.25, -0.2) is 4.98 Å². The number of primary amides is 1. The van der Waals surface area contributed by atoms with E-state index in [9.17, 15) is 19.2 Å². The number of nitrogens with one attached hydrogen (secondary N) is 5. The fourth-order valence-corrected chi connectivity index (χ4v) is 4.63. The third-order valence-corrected chi connectivity index (χ3v) is 7.53. The molecule has 4 rings (SSSR count). The number of likely N-dealkylation sites (N-methyl/N-ethyl adjacent to an activating group) is 1. The quantitative estimate of drug-likeness (QED) is 0.143. The van der Waals surface area contributed by atoms with Crippen LogP contribution in [0, 0.1) is 0 Å². The van der Waals surface area contributed by atoms with E-state index in [1.54, 1.807) is 62.5 Å². The molecule has 7 N–H and O–H groups in total. The highest BCUT2D eigenvalue weighted by Crippen LogP contribution is 2.21. The number of rotatable bonds is 14. The fourth-order valence-electron chi connectivity index (χ4n) is 4.63. The van der Waals surface area contributed by atoms with Crippen LogP contribution < -0.4 is 32.3 Å². The van der Waals surface area contributed by atoms with Crippen molar-refractivity contribution in [3.05, 3.63) is 78.0 Å². The largest absolute Gasteiger partial charge is 0.369 e. The molecule has 0 aliphatic carbocycles. The normalized spacial score (nSPS) is 13.9. The van der Waals surface area contributed by atoms with Crippen LogP contribution in [0.5, 0.6) is 0 Å². The van der Waals surface area contributed by atoms with E-state index in [1.165, 1.54) is 17.2 Å². The summed E-state index contributed by atoms with van der Waals surface area (Å²) in [5, 5.41) is 15.2. The van der Waals surface area contributed by atoms with Gasteiger partial charge in [0.15, 0.2) is 0 Å². The Balaban J connectivity index is 1.37. The fraction of sp³-hybridized carbons (Fsp3) is 0.333. The van der Waals surface area contributed by atoms with Gasteiger partial charge in [-0.3, -0.25) is 24.1 Å². The van der Waals surface area contributed by atoms with E-state index in [2.05, 4.69) is 41.5 Å². The molecule has 1 aromatic heterocycles. The number of amides is 4. The second-order valence-corrected chi connectivity index (χ2v) is 11.1. The molecule has 0 bridgehead atoms. The highest BCUT2D eigenvalue weighted by Gasteiger charge is 2.22. The van der Waals surface area contributed by atoms with Crippen molar-refractivity contribution in [3.63, 3.8) is 0 Å². The number of nitrogens with zero attached hydrogens (tertiary/aromatic N) is 4. The Morgan fingerprint density at radius 3 is 2.43 bits per heavy atom. The van der Waals surface area contributed by atoms with Gasteiger partial charge in [0, 0.05) is 81.2 Å². The second-order valence-electron chi connectivity index (χ2n) is 11.1. The van der Waals surface area contributed by atoms with Crippen molar-refractivity contribution in [2.24, 2.45) is 5.73 Å². The van der Waals surface area contributed by atoms with Crippen molar-refractivity contribution in [2.45, 2.75) is 26.3 Å². The summed E-state index contributed by atoms with van der Waals surface area (Å²) in [6.45, 7) is 8.62. The summed E-state index contributed by atoms with van der Waals surface area (Å²) in [7, 11) is 1.59. The summed E-state index contributed by atoms with van der Waals surface area (Å²) in [4.78, 5) is 62.8. The highest BCUT2D eigenvalue weighted by atomic mass is 16.2. The maximum atomic E-state index is 13.3. The average Bonchev–Trinajstić information content (AvgIpc) is 3.07. The Bertz CT molecular complexity index is 1590. The average molecular weight is 643 g/mol. The molecule has 2 aromatic carbocycles. The number of carbonyl (C=O) groups excluding carboxylic acids is 4. The van der Waals surface area contributed by atoms with Crippen LogP contribution >= 0.6 is 0 Å². The molecule has 4 amide bonds. The number of benzene rings is 2. The molecule has 0 saturated carbocycles. The Morgan fingerprint density at radius 1 is 1.04 bits per heavy atom. The van der Waals surface area contributed by atoms with Crippen molar-refractivity contribution < 1.29 is 19.2 Å². The van der Waals surface area contributed by atoms with Gasteiger partial charge in [-0.05, 0) is 55.8 Å². The number of hydrogen-bond acceptors (Lipinski definition) is 10. The van der Waals surface area contributed by atoms with Crippen LogP contribution in [0.1, 0.15) is 41.0 Å². The van der Waals surface area contributed by atoms with Crippen LogP contribution in [0.2, 0.25) is 0 Å². The zero-order chi connectivity index (χ0) is 33.8. The molecule has 1 aliphatic rings. The first kappa shape index (κ1) is 34.5. The third kappa shape index (κ3) is 10.1. The Kier molecular flexibility index (Phi) is 12.4. The lowest BCUT2D eigenvalue weighted by Gasteiger charge is -2.26. The molecule has 14 nitrogen and oxygen atoms in total. The molecule has 1 fully saturated rings. The Morgan fingerprint density at radius 2 is 1.74 bits per heavy atom. The predicted octanol–water partition coefficient (Wildman–Crippen LogP) is 2.64. The van der Waals surface area contributed by atoms with E-state index in [-0.39, 0.29) is 23.3 Å². The summed E-state index contributed by atoms with van der Waals surface area (Å²) in [6, 6.07) is 12.5. The van der Waals surface area contributed by atoms with E-state index in [0.29, 0.717) is 41.5 Å². The van der Waals surface area contributed by atoms with Crippen molar-refractivity contribution in [2.75, 3.05) is 67.6 Å². The minimum atomic E-state index is -0.734. The standard InChI is InChI=1S/C33H42N10O4/c1-4-14-36-30-27(21-37-33(41-30)40-24-12-10-23(11-13-24)29(34)45)32(47)39-26-8-5-7-25(20-26)38-31(46)22(2)42(3)28(44)9-6-17-43-18-15-35-16-19-43/h5-13,20-22,35H,4,14-19H2,1-3H3,(H2,34,45)(H,38,46)(H,39,47)(H2,36,37,40,41). The number of carbonyl (C=O) groups is 4. The van der Waals surface area contributed by atoms with Gasteiger partial charge in [0.2, 0.25) is 23.7 Å². The van der Waals surface area contributed by atoms with Crippen LogP contribution in [0.3, 0.4) is 0 Å². The van der Waals surface area contributed by atoms with Gasteiger partial charge in [-0.1, -0.05) is 19.1 Å². The van der Waals surface area contributed by atoms with Crippen LogP contribution in [0.25, 0.3) is 0 Å². The zero-order valence-electron chi connectivity index (χ0n) is 26.9. The maximum absolute atomic E-state index is 13.3. The maximum Gasteiger partial charge on any atom is 0.260 e. The summed E-state index contributed by atoms with van der Waals surface area (Å²) in [5.74, 6) is -1.02. The van der Waals surface area contributed by atoms with E-state index in [1.807, 2.05) is 13.0 Å². The minimum Gasteiger partial charge on any atom is -0.369 e. The van der Waals surface area contributed by atoms with Crippen molar-refractivity contribution >= 4 is 52.5 Å². The Labute approximate surface area is 274 Å². The smallest absolute Gasteiger partial charge is 0.260 e. The van der Waals surface area contributed by atoms with Crippen molar-refractivity contribution in [1.29, 1.82) is 0 Å². The first-order chi connectivity index (χ1) is 22.6. The van der Waals surface area contributed by atoms with Crippen molar-refractivity contribution in [3.8, 4) is 0 Å². The number of hydrogen-bond donors (Lipinski definition) is 6. The highest BCUT2D eigenvalue weighted by molar-refractivity contribution is 6.08. The summed E-state index contributed by atoms with van der Waals surface area (Å²) in [5.41, 5.74) is 7.45. The zero-order valence-corrected chi connectivity index (χ0v) is 26.9. The molecule has 1 saturated heterocycles. The molecule has 1 unspecified atom stereocenters. The molecule has 47 heavy (non-hydrogen) atoms. The van der Waals surface area contributed by atoms with Crippen LogP contribution in [-0.2, 0) is 9.59 Å². The molecular formula is C33H42N10O4. The molecule has 248 valence electrons. The molecule has 3 aromatic rings. The molecule has 2 heterocycles. The van der Waals surface area contributed by atoms with Gasteiger partial charge in [0.25, 0.3) is 5.91 Å². The van der Waals surface area contributed by atoms with Crippen LogP contribution in [-0.4, -0.2) is 95.8 Å². The minimum absolute atomic E-state index is 0.223. The molecule has 0 spiro atoms. The van der Waals surface area contributed by atoms with E-state index >= 15 is 0 Å². The number of anilines is 5. The molecular weight excluding hydrogens is 600 g/mol. The molecule has 14 heteroatoms. The first-order valence-corrected chi connectivity index (χ1v) is 15.5. The van der Waals surface area contributed by atoms with Gasteiger partial charge in [-0.15, -0.1) is 0 Å². The van der Waals surface area contributed by atoms with Crippen molar-refractivity contribution in [1.82, 2.24) is 25.1 Å². The van der Waals surface area contributed by atoms with Gasteiger partial charge in [0.05, 0.1) is 0 Å². The van der Waals surface area contributed by atoms with E-state index in [0.717, 1.165) is 32.6 Å². The van der Waals surface area contributed by atoms with Gasteiger partial charge in [0.1, 0.15) is 17.4 Å². The molecule has 0 radical (unpaired) electrons. The number of nitrogens with two attached hydrogens (primary N) is 1. The van der Waals surface area contributed by atoms with Gasteiger partial charge in [-0.2, -0.15) is 4.98 Å². The Hall–Kier alpha value is -5.34. The predicted molar refractivity (Wildman–Crippen MR) is 183 cm³/mol. The SMILES string of the molecule is CCCNc1nc(Nc2ccc(C(N)=O)cc2)ncc1C(=O)Nc1cccc(NC(=O)C(C)N(C)C(=O)C=CCN2CCNCC2)c1. The van der Waals surface area contributed by atoms with E-state index in [4.69, 9.17) is 5.73 Å². The molecule has 1 aliphatic heterocycles. The second kappa shape index (κ2) is 16.8. The first-order valence-electron chi connectivity index (χ1n) is 15.5. The number of piperazine rings is 1. The summed E-state index contributed by atoms with van der Waals surface area (Å²) >= 11 is 0. The number of aromatic nitrogens is 2. The van der Waals surface area contributed by atoms with E-state index < -0.39 is 17.9 Å². The topological polar surface area (TPSA) is 187 Å².